The molecule has 0 atom stereocenters. The van der Waals surface area contributed by atoms with Crippen LogP contribution in [0, 0.1) is 0 Å². The molecule has 1 aromatic heterocycles. The first-order valence-electron chi connectivity index (χ1n) is 7.13. The van der Waals surface area contributed by atoms with E-state index in [2.05, 4.69) is 25.3 Å². The summed E-state index contributed by atoms with van der Waals surface area (Å²) in [5, 5.41) is 8.73. The van der Waals surface area contributed by atoms with Gasteiger partial charge in [0, 0.05) is 39.6 Å². The second-order valence-corrected chi connectivity index (χ2v) is 6.64. The minimum Gasteiger partial charge on any atom is -0.370 e. The Morgan fingerprint density at radius 2 is 2.12 bits per heavy atom. The van der Waals surface area contributed by atoms with Crippen molar-refractivity contribution >= 4 is 45.8 Å². The number of carbonyl (C=O) groups is 1. The van der Waals surface area contributed by atoms with Crippen molar-refractivity contribution in [2.45, 2.75) is 5.75 Å². The molecule has 2 rings (SSSR count). The molecule has 0 aliphatic rings. The van der Waals surface area contributed by atoms with Crippen LogP contribution < -0.4 is 16.8 Å². The van der Waals surface area contributed by atoms with E-state index in [-0.39, 0.29) is 11.9 Å². The number of amides is 1. The van der Waals surface area contributed by atoms with Crippen molar-refractivity contribution in [3.8, 4) is 0 Å². The molecule has 0 aliphatic carbocycles. The third-order valence-electron chi connectivity index (χ3n) is 2.84. The molecule has 1 heterocycles. The van der Waals surface area contributed by atoms with E-state index in [0.717, 1.165) is 11.4 Å². The molecule has 0 spiro atoms. The minimum absolute atomic E-state index is 0.0104. The van der Waals surface area contributed by atoms with Gasteiger partial charge in [-0.25, -0.2) is 4.98 Å². The van der Waals surface area contributed by atoms with Crippen molar-refractivity contribution in [2.24, 2.45) is 21.6 Å². The molecule has 0 saturated carbocycles. The molecule has 1 amide bonds. The number of nitrogens with one attached hydrogen (secondary N) is 1. The molecule has 0 radical (unpaired) electrons. The zero-order valence-electron chi connectivity index (χ0n) is 13.1. The fourth-order valence-electron chi connectivity index (χ4n) is 1.77. The van der Waals surface area contributed by atoms with Crippen molar-refractivity contribution in [3.63, 3.8) is 0 Å². The fraction of sp³-hybridized carbons (Fsp3) is 0.214. The normalized spacial score (nSPS) is 9.92. The van der Waals surface area contributed by atoms with Gasteiger partial charge in [0.25, 0.3) is 5.91 Å². The highest BCUT2D eigenvalue weighted by Crippen LogP contribution is 2.21. The van der Waals surface area contributed by atoms with Gasteiger partial charge in [0.05, 0.1) is 5.69 Å². The number of benzene rings is 1. The van der Waals surface area contributed by atoms with Gasteiger partial charge in [-0.15, -0.1) is 11.3 Å². The summed E-state index contributed by atoms with van der Waals surface area (Å²) in [5.41, 5.74) is 20.8. The van der Waals surface area contributed by atoms with Gasteiger partial charge in [-0.1, -0.05) is 17.2 Å². The van der Waals surface area contributed by atoms with Crippen molar-refractivity contribution in [2.75, 3.05) is 12.3 Å². The third kappa shape index (κ3) is 6.34. The highest BCUT2D eigenvalue weighted by atomic mass is 32.2. The molecule has 130 valence electrons. The van der Waals surface area contributed by atoms with Crippen LogP contribution >= 0.6 is 23.1 Å². The van der Waals surface area contributed by atoms with Crippen molar-refractivity contribution in [3.05, 3.63) is 51.3 Å². The van der Waals surface area contributed by atoms with Gasteiger partial charge in [0.2, 0.25) is 5.13 Å². The first-order valence-corrected chi connectivity index (χ1v) is 9.17. The lowest BCUT2D eigenvalue weighted by Crippen LogP contribution is -2.25. The molecule has 25 heavy (non-hydrogen) atoms. The van der Waals surface area contributed by atoms with Gasteiger partial charge in [0.15, 0.2) is 5.96 Å². The summed E-state index contributed by atoms with van der Waals surface area (Å²) in [6, 6.07) is 6.43. The second-order valence-electron chi connectivity index (χ2n) is 4.70. The number of guanidine groups is 1. The van der Waals surface area contributed by atoms with E-state index in [1.165, 1.54) is 11.3 Å². The van der Waals surface area contributed by atoms with Crippen LogP contribution in [0.5, 0.6) is 0 Å². The Hall–Kier alpha value is -2.75. The Morgan fingerprint density at radius 1 is 1.36 bits per heavy atom. The molecule has 0 bridgehead atoms. The lowest BCUT2D eigenvalue weighted by molar-refractivity contribution is 0.0956. The summed E-state index contributed by atoms with van der Waals surface area (Å²) in [6.07, 6.45) is 0. The van der Waals surface area contributed by atoms with Crippen molar-refractivity contribution in [1.29, 1.82) is 0 Å². The molecule has 1 aromatic carbocycles. The molecule has 0 aliphatic heterocycles. The summed E-state index contributed by atoms with van der Waals surface area (Å²) in [4.78, 5) is 22.8. The van der Waals surface area contributed by atoms with E-state index in [0.29, 0.717) is 28.7 Å². The highest BCUT2D eigenvalue weighted by molar-refractivity contribution is 7.98. The maximum atomic E-state index is 12.0. The minimum atomic E-state index is -0.170. The molecule has 0 saturated heterocycles. The van der Waals surface area contributed by atoms with E-state index in [1.54, 1.807) is 36.0 Å². The molecular formula is C14H16N8OS2. The maximum Gasteiger partial charge on any atom is 0.251 e. The van der Waals surface area contributed by atoms with Crippen LogP contribution in [0.15, 0.2) is 39.8 Å². The Labute approximate surface area is 152 Å². The number of hydrogen-bond donors (Lipinski definition) is 3. The summed E-state index contributed by atoms with van der Waals surface area (Å²) >= 11 is 3.02. The summed E-state index contributed by atoms with van der Waals surface area (Å²) in [5.74, 6) is 1.28. The quantitative estimate of drug-likeness (QED) is 0.161. The topological polar surface area (TPSA) is 155 Å². The van der Waals surface area contributed by atoms with E-state index < -0.39 is 0 Å². The number of thioether (sulfide) groups is 1. The largest absolute Gasteiger partial charge is 0.370 e. The van der Waals surface area contributed by atoms with E-state index in [9.17, 15) is 4.79 Å². The molecule has 9 nitrogen and oxygen atoms in total. The van der Waals surface area contributed by atoms with Crippen LogP contribution in [-0.2, 0) is 5.75 Å². The van der Waals surface area contributed by atoms with Crippen molar-refractivity contribution in [1.82, 2.24) is 10.3 Å². The standard InChI is InChI=1S/C14H16N8OS2/c15-13(16)20-14-19-11(8-25-14)7-24-6-5-18-12(23)9-1-3-10(4-2-9)21-22-17/h1-4,8H,5-7H2,(H,18,23)(H4,15,16,19,20). The molecule has 0 fully saturated rings. The number of nitrogens with two attached hydrogens (primary N) is 2. The average molecular weight is 376 g/mol. The number of aliphatic imine (C=N–C) groups is 1. The van der Waals surface area contributed by atoms with Crippen LogP contribution in [0.25, 0.3) is 10.4 Å². The molecule has 0 unspecified atom stereocenters. The Kier molecular flexibility index (Phi) is 7.08. The molecule has 2 aromatic rings. The lowest BCUT2D eigenvalue weighted by Gasteiger charge is -2.05. The van der Waals surface area contributed by atoms with Gasteiger partial charge in [-0.3, -0.25) is 4.79 Å². The molecular weight excluding hydrogens is 360 g/mol. The predicted octanol–water partition coefficient (Wildman–Crippen LogP) is 2.65. The number of hydrogen-bond acceptors (Lipinski definition) is 6. The number of thiazole rings is 1. The second kappa shape index (κ2) is 9.52. The van der Waals surface area contributed by atoms with E-state index in [1.807, 2.05) is 5.38 Å². The zero-order valence-corrected chi connectivity index (χ0v) is 14.8. The van der Waals surface area contributed by atoms with Gasteiger partial charge in [-0.05, 0) is 17.7 Å². The Morgan fingerprint density at radius 3 is 2.80 bits per heavy atom. The van der Waals surface area contributed by atoms with E-state index in [4.69, 9.17) is 17.0 Å². The number of carbonyl (C=O) groups excluding carboxylic acids is 1. The number of nitrogens with zero attached hydrogens (tertiary/aromatic N) is 5. The summed E-state index contributed by atoms with van der Waals surface area (Å²) in [6.45, 7) is 0.534. The van der Waals surface area contributed by atoms with Crippen LogP contribution in [0.3, 0.4) is 0 Å². The lowest BCUT2D eigenvalue weighted by atomic mass is 10.2. The van der Waals surface area contributed by atoms with Crippen molar-refractivity contribution < 1.29 is 4.79 Å². The summed E-state index contributed by atoms with van der Waals surface area (Å²) in [7, 11) is 0. The Balaban J connectivity index is 1.70. The summed E-state index contributed by atoms with van der Waals surface area (Å²) < 4.78 is 0. The van der Waals surface area contributed by atoms with Crippen LogP contribution in [0.4, 0.5) is 10.8 Å². The third-order valence-corrected chi connectivity index (χ3v) is 4.61. The smallest absolute Gasteiger partial charge is 0.251 e. The van der Waals surface area contributed by atoms with Gasteiger partial charge < -0.3 is 16.8 Å². The number of aromatic nitrogens is 1. The number of rotatable bonds is 8. The fourth-order valence-corrected chi connectivity index (χ4v) is 3.33. The van der Waals surface area contributed by atoms with E-state index >= 15 is 0 Å². The van der Waals surface area contributed by atoms with Gasteiger partial charge in [0.1, 0.15) is 0 Å². The SMILES string of the molecule is [N-]=[N+]=Nc1ccc(C(=O)NCCSCc2csc(N=C(N)N)n2)cc1. The molecule has 11 heteroatoms. The predicted molar refractivity (Wildman–Crippen MR) is 101 cm³/mol. The number of azide groups is 1. The highest BCUT2D eigenvalue weighted by Gasteiger charge is 2.05. The first-order chi connectivity index (χ1) is 12.1. The molecule has 5 N–H and O–H groups in total. The van der Waals surface area contributed by atoms with Crippen LogP contribution in [0.1, 0.15) is 16.1 Å². The first kappa shape index (κ1) is 18.6. The van der Waals surface area contributed by atoms with Crippen LogP contribution in [-0.4, -0.2) is 29.1 Å². The maximum absolute atomic E-state index is 12.0. The van der Waals surface area contributed by atoms with Gasteiger partial charge in [-0.2, -0.15) is 16.8 Å². The Bertz CT molecular complexity index is 791. The van der Waals surface area contributed by atoms with Gasteiger partial charge >= 0.3 is 0 Å². The monoisotopic (exact) mass is 376 g/mol. The average Bonchev–Trinajstić information content (AvgIpc) is 3.02. The zero-order chi connectivity index (χ0) is 18.1. The van der Waals surface area contributed by atoms with Crippen LogP contribution in [0.2, 0.25) is 0 Å².